The molecule has 13 heavy (non-hydrogen) atoms. The molecule has 2 N–H and O–H groups in total. The summed E-state index contributed by atoms with van der Waals surface area (Å²) in [5.41, 5.74) is 0. The third kappa shape index (κ3) is 3.60. The van der Waals surface area contributed by atoms with E-state index in [1.54, 1.807) is 7.11 Å². The molecule has 0 bridgehead atoms. The summed E-state index contributed by atoms with van der Waals surface area (Å²) >= 11 is 0. The zero-order valence-corrected chi connectivity index (χ0v) is 8.49. The molecule has 0 aromatic rings. The molecule has 2 atom stereocenters. The van der Waals surface area contributed by atoms with E-state index in [0.717, 1.165) is 13.1 Å². The lowest BCUT2D eigenvalue weighted by Gasteiger charge is -2.25. The zero-order chi connectivity index (χ0) is 9.68. The number of aliphatic hydroxyl groups is 1. The van der Waals surface area contributed by atoms with Crippen LogP contribution in [-0.2, 0) is 4.74 Å². The molecule has 78 valence electrons. The van der Waals surface area contributed by atoms with Crippen molar-refractivity contribution in [1.82, 2.24) is 10.2 Å². The Morgan fingerprint density at radius 3 is 3.00 bits per heavy atom. The highest BCUT2D eigenvalue weighted by Gasteiger charge is 2.20. The Hall–Kier alpha value is -0.160. The Labute approximate surface area is 79.9 Å². The minimum absolute atomic E-state index is 0.365. The van der Waals surface area contributed by atoms with Crippen LogP contribution < -0.4 is 5.32 Å². The lowest BCUT2D eigenvalue weighted by Crippen LogP contribution is -2.40. The summed E-state index contributed by atoms with van der Waals surface area (Å²) < 4.78 is 4.87. The minimum atomic E-state index is -0.365. The van der Waals surface area contributed by atoms with E-state index >= 15 is 0 Å². The summed E-state index contributed by atoms with van der Waals surface area (Å²) in [6.45, 7) is 3.25. The molecule has 1 rings (SSSR count). The molecule has 2 unspecified atom stereocenters. The minimum Gasteiger partial charge on any atom is -0.389 e. The number of rotatable bonds is 5. The van der Waals surface area contributed by atoms with Crippen molar-refractivity contribution in [2.24, 2.45) is 0 Å². The summed E-state index contributed by atoms with van der Waals surface area (Å²) in [6, 6.07) is 0.575. The van der Waals surface area contributed by atoms with Gasteiger partial charge >= 0.3 is 0 Å². The highest BCUT2D eigenvalue weighted by molar-refractivity contribution is 4.79. The summed E-state index contributed by atoms with van der Waals surface area (Å²) in [6.07, 6.45) is 0.812. The van der Waals surface area contributed by atoms with Gasteiger partial charge in [0.05, 0.1) is 12.7 Å². The summed E-state index contributed by atoms with van der Waals surface area (Å²) in [7, 11) is 3.66. The van der Waals surface area contributed by atoms with Crippen molar-refractivity contribution in [2.45, 2.75) is 18.6 Å². The second kappa shape index (κ2) is 5.54. The molecule has 4 heteroatoms. The number of nitrogens with one attached hydrogen (secondary N) is 1. The predicted molar refractivity (Wildman–Crippen MR) is 51.8 cm³/mol. The van der Waals surface area contributed by atoms with Crippen molar-refractivity contribution >= 4 is 0 Å². The van der Waals surface area contributed by atoms with E-state index in [4.69, 9.17) is 4.74 Å². The Balaban J connectivity index is 2.18. The molecule has 1 aliphatic rings. The van der Waals surface area contributed by atoms with Crippen LogP contribution in [0.15, 0.2) is 0 Å². The maximum atomic E-state index is 9.49. The molecule has 4 nitrogen and oxygen atoms in total. The number of methoxy groups -OCH3 is 1. The van der Waals surface area contributed by atoms with Crippen molar-refractivity contribution < 1.29 is 9.84 Å². The Kier molecular flexibility index (Phi) is 4.66. The van der Waals surface area contributed by atoms with Crippen LogP contribution in [0.25, 0.3) is 0 Å². The standard InChI is InChI=1S/C9H20N2O2/c1-11(6-9(12)7-13-2)8-3-4-10-5-8/h8-10,12H,3-7H2,1-2H3. The van der Waals surface area contributed by atoms with E-state index in [-0.39, 0.29) is 6.10 Å². The first kappa shape index (κ1) is 10.9. The van der Waals surface area contributed by atoms with E-state index in [0.29, 0.717) is 19.2 Å². The van der Waals surface area contributed by atoms with E-state index in [1.165, 1.54) is 6.42 Å². The van der Waals surface area contributed by atoms with Gasteiger partial charge in [-0.3, -0.25) is 4.90 Å². The molecule has 0 aromatic carbocycles. The molecule has 0 spiro atoms. The summed E-state index contributed by atoms with van der Waals surface area (Å²) in [5.74, 6) is 0. The SMILES string of the molecule is COCC(O)CN(C)C1CCNC1. The van der Waals surface area contributed by atoms with Crippen LogP contribution in [0, 0.1) is 0 Å². The normalized spacial score (nSPS) is 25.4. The number of likely N-dealkylation sites (N-methyl/N-ethyl adjacent to an activating group) is 1. The maximum Gasteiger partial charge on any atom is 0.0900 e. The molecule has 0 aromatic heterocycles. The van der Waals surface area contributed by atoms with E-state index in [2.05, 4.69) is 17.3 Å². The quantitative estimate of drug-likeness (QED) is 0.598. The first-order chi connectivity index (χ1) is 6.24. The van der Waals surface area contributed by atoms with E-state index in [1.807, 2.05) is 0 Å². The van der Waals surface area contributed by atoms with Crippen LogP contribution in [-0.4, -0.2) is 62.6 Å². The van der Waals surface area contributed by atoms with Crippen LogP contribution in [0.2, 0.25) is 0 Å². The first-order valence-corrected chi connectivity index (χ1v) is 4.82. The fourth-order valence-corrected chi connectivity index (χ4v) is 1.74. The fraction of sp³-hybridized carbons (Fsp3) is 1.00. The number of aliphatic hydroxyl groups excluding tert-OH is 1. The number of ether oxygens (including phenoxy) is 1. The molecule has 0 radical (unpaired) electrons. The van der Waals surface area contributed by atoms with Gasteiger partial charge in [-0.05, 0) is 20.0 Å². The first-order valence-electron chi connectivity index (χ1n) is 4.82. The Morgan fingerprint density at radius 1 is 1.69 bits per heavy atom. The van der Waals surface area contributed by atoms with Gasteiger partial charge in [-0.15, -0.1) is 0 Å². The zero-order valence-electron chi connectivity index (χ0n) is 8.49. The predicted octanol–water partition coefficient (Wildman–Crippen LogP) is -0.713. The van der Waals surface area contributed by atoms with Crippen molar-refractivity contribution in [3.63, 3.8) is 0 Å². The van der Waals surface area contributed by atoms with Gasteiger partial charge in [0.25, 0.3) is 0 Å². The van der Waals surface area contributed by atoms with Crippen molar-refractivity contribution in [1.29, 1.82) is 0 Å². The van der Waals surface area contributed by atoms with Crippen LogP contribution in [0.3, 0.4) is 0 Å². The average Bonchev–Trinajstić information content (AvgIpc) is 2.55. The molecule has 1 fully saturated rings. The molecular formula is C9H20N2O2. The fourth-order valence-electron chi connectivity index (χ4n) is 1.74. The van der Waals surface area contributed by atoms with Crippen LogP contribution in [0.5, 0.6) is 0 Å². The maximum absolute atomic E-state index is 9.49. The van der Waals surface area contributed by atoms with Gasteiger partial charge in [0.1, 0.15) is 0 Å². The summed E-state index contributed by atoms with van der Waals surface area (Å²) in [5, 5.41) is 12.8. The Morgan fingerprint density at radius 2 is 2.46 bits per heavy atom. The Bertz CT molecular complexity index is 138. The average molecular weight is 188 g/mol. The highest BCUT2D eigenvalue weighted by atomic mass is 16.5. The number of nitrogens with zero attached hydrogens (tertiary/aromatic N) is 1. The van der Waals surface area contributed by atoms with Gasteiger partial charge in [-0.25, -0.2) is 0 Å². The van der Waals surface area contributed by atoms with Gasteiger partial charge in [0.2, 0.25) is 0 Å². The van der Waals surface area contributed by atoms with Gasteiger partial charge in [0, 0.05) is 26.2 Å². The van der Waals surface area contributed by atoms with Crippen molar-refractivity contribution in [3.05, 3.63) is 0 Å². The number of hydrogen-bond donors (Lipinski definition) is 2. The largest absolute Gasteiger partial charge is 0.389 e. The lowest BCUT2D eigenvalue weighted by molar-refractivity contribution is 0.0360. The monoisotopic (exact) mass is 188 g/mol. The van der Waals surface area contributed by atoms with Crippen molar-refractivity contribution in [3.8, 4) is 0 Å². The molecule has 1 saturated heterocycles. The highest BCUT2D eigenvalue weighted by Crippen LogP contribution is 2.06. The molecule has 1 heterocycles. The third-order valence-electron chi connectivity index (χ3n) is 2.52. The van der Waals surface area contributed by atoms with Crippen LogP contribution >= 0.6 is 0 Å². The number of hydrogen-bond acceptors (Lipinski definition) is 4. The lowest BCUT2D eigenvalue weighted by atomic mass is 10.2. The van der Waals surface area contributed by atoms with Gasteiger partial charge < -0.3 is 15.2 Å². The van der Waals surface area contributed by atoms with Crippen LogP contribution in [0.4, 0.5) is 0 Å². The third-order valence-corrected chi connectivity index (χ3v) is 2.52. The molecule has 1 aliphatic heterocycles. The van der Waals surface area contributed by atoms with Crippen LogP contribution in [0.1, 0.15) is 6.42 Å². The van der Waals surface area contributed by atoms with Gasteiger partial charge in [-0.1, -0.05) is 0 Å². The van der Waals surface area contributed by atoms with Gasteiger partial charge in [0.15, 0.2) is 0 Å². The second-order valence-electron chi connectivity index (χ2n) is 3.70. The topological polar surface area (TPSA) is 44.7 Å². The summed E-state index contributed by atoms with van der Waals surface area (Å²) in [4.78, 5) is 2.20. The smallest absolute Gasteiger partial charge is 0.0900 e. The van der Waals surface area contributed by atoms with E-state index < -0.39 is 0 Å². The van der Waals surface area contributed by atoms with Crippen molar-refractivity contribution in [2.75, 3.05) is 40.4 Å². The molecule has 0 aliphatic carbocycles. The second-order valence-corrected chi connectivity index (χ2v) is 3.70. The molecular weight excluding hydrogens is 168 g/mol. The van der Waals surface area contributed by atoms with Gasteiger partial charge in [-0.2, -0.15) is 0 Å². The molecule has 0 saturated carbocycles. The molecule has 0 amide bonds. The van der Waals surface area contributed by atoms with E-state index in [9.17, 15) is 5.11 Å².